The number of rotatable bonds is 1. The van der Waals surface area contributed by atoms with E-state index in [9.17, 15) is 14.4 Å². The van der Waals surface area contributed by atoms with Crippen LogP contribution in [-0.4, -0.2) is 15.2 Å². The lowest BCUT2D eigenvalue weighted by atomic mass is 9.98. The topological polar surface area (TPSA) is 85.1 Å². The third-order valence-electron chi connectivity index (χ3n) is 3.71. The highest BCUT2D eigenvalue weighted by molar-refractivity contribution is 9.10. The van der Waals surface area contributed by atoms with Crippen molar-refractivity contribution in [3.63, 3.8) is 0 Å². The van der Waals surface area contributed by atoms with E-state index in [4.69, 9.17) is 0 Å². The molecule has 22 heavy (non-hydrogen) atoms. The molecule has 114 valence electrons. The van der Waals surface area contributed by atoms with Crippen molar-refractivity contribution in [3.8, 4) is 0 Å². The molecule has 1 atom stereocenters. The van der Waals surface area contributed by atoms with Gasteiger partial charge in [-0.15, -0.1) is 0 Å². The molecule has 7 nitrogen and oxygen atoms in total. The quantitative estimate of drug-likeness (QED) is 0.793. The number of fused-ring (bicyclic) bond motifs is 1. The van der Waals surface area contributed by atoms with Gasteiger partial charge in [0.2, 0.25) is 0 Å². The molecule has 1 aliphatic heterocycles. The van der Waals surface area contributed by atoms with Crippen molar-refractivity contribution in [1.82, 2.24) is 14.5 Å². The van der Waals surface area contributed by atoms with Crippen molar-refractivity contribution < 1.29 is 4.79 Å². The molecule has 2 aromatic rings. The van der Waals surface area contributed by atoms with Crippen LogP contribution in [0.3, 0.4) is 0 Å². The molecule has 2 heterocycles. The smallest absolute Gasteiger partial charge is 0.327 e. The van der Waals surface area contributed by atoms with E-state index in [2.05, 4.69) is 26.6 Å². The maximum Gasteiger partial charge on any atom is 0.332 e. The normalized spacial score (nSPS) is 16.7. The van der Waals surface area contributed by atoms with E-state index in [1.165, 1.54) is 18.7 Å². The van der Waals surface area contributed by atoms with E-state index in [1.54, 1.807) is 0 Å². The number of amides is 2. The second kappa shape index (κ2) is 5.13. The fourth-order valence-corrected chi connectivity index (χ4v) is 3.08. The summed E-state index contributed by atoms with van der Waals surface area (Å²) in [6.07, 6.45) is 0. The monoisotopic (exact) mass is 364 g/mol. The van der Waals surface area contributed by atoms with Crippen LogP contribution in [0.2, 0.25) is 0 Å². The summed E-state index contributed by atoms with van der Waals surface area (Å²) in [5.41, 5.74) is 0.147. The van der Waals surface area contributed by atoms with Gasteiger partial charge in [-0.1, -0.05) is 34.1 Å². The highest BCUT2D eigenvalue weighted by Gasteiger charge is 2.32. The number of benzene rings is 1. The van der Waals surface area contributed by atoms with Gasteiger partial charge < -0.3 is 5.32 Å². The first-order valence-electron chi connectivity index (χ1n) is 6.53. The molecule has 0 saturated carbocycles. The van der Waals surface area contributed by atoms with Crippen LogP contribution in [0.15, 0.2) is 38.3 Å². The zero-order chi connectivity index (χ0) is 16.0. The molecule has 0 bridgehead atoms. The van der Waals surface area contributed by atoms with Crippen LogP contribution in [0.1, 0.15) is 17.2 Å². The number of carbonyl (C=O) groups is 1. The fraction of sp³-hybridized carbons (Fsp3) is 0.214. The summed E-state index contributed by atoms with van der Waals surface area (Å²) in [4.78, 5) is 36.5. The average molecular weight is 365 g/mol. The molecule has 0 fully saturated rings. The van der Waals surface area contributed by atoms with E-state index in [0.717, 1.165) is 14.6 Å². The van der Waals surface area contributed by atoms with Gasteiger partial charge in [0, 0.05) is 18.6 Å². The first-order valence-corrected chi connectivity index (χ1v) is 7.33. The highest BCUT2D eigenvalue weighted by atomic mass is 79.9. The summed E-state index contributed by atoms with van der Waals surface area (Å²) in [5.74, 6) is 0.220. The molecular formula is C14H13BrN4O3. The number of anilines is 1. The van der Waals surface area contributed by atoms with Crippen LogP contribution in [0, 0.1) is 0 Å². The minimum Gasteiger partial charge on any atom is -0.327 e. The molecule has 0 saturated heterocycles. The molecule has 1 aromatic carbocycles. The molecule has 0 aliphatic carbocycles. The van der Waals surface area contributed by atoms with E-state index in [-0.39, 0.29) is 5.82 Å². The molecule has 2 amide bonds. The van der Waals surface area contributed by atoms with Crippen LogP contribution >= 0.6 is 15.9 Å². The molecule has 8 heteroatoms. The van der Waals surface area contributed by atoms with E-state index < -0.39 is 23.3 Å². The minimum absolute atomic E-state index is 0.220. The van der Waals surface area contributed by atoms with Gasteiger partial charge in [-0.2, -0.15) is 0 Å². The Morgan fingerprint density at radius 3 is 2.45 bits per heavy atom. The van der Waals surface area contributed by atoms with Crippen LogP contribution in [0.5, 0.6) is 0 Å². The van der Waals surface area contributed by atoms with Gasteiger partial charge in [-0.25, -0.2) is 9.59 Å². The molecular weight excluding hydrogens is 352 g/mol. The Balaban J connectivity index is 2.36. The van der Waals surface area contributed by atoms with Crippen molar-refractivity contribution in [3.05, 3.63) is 60.7 Å². The lowest BCUT2D eigenvalue weighted by Crippen LogP contribution is -2.49. The number of nitrogens with one attached hydrogen (secondary N) is 2. The summed E-state index contributed by atoms with van der Waals surface area (Å²) >= 11 is 3.43. The molecule has 1 aliphatic rings. The van der Waals surface area contributed by atoms with E-state index >= 15 is 0 Å². The first kappa shape index (κ1) is 14.6. The van der Waals surface area contributed by atoms with Gasteiger partial charge in [0.15, 0.2) is 0 Å². The van der Waals surface area contributed by atoms with Gasteiger partial charge in [-0.05, 0) is 11.6 Å². The van der Waals surface area contributed by atoms with E-state index in [0.29, 0.717) is 5.56 Å². The highest BCUT2D eigenvalue weighted by Crippen LogP contribution is 2.32. The molecule has 0 spiro atoms. The van der Waals surface area contributed by atoms with Crippen LogP contribution in [0.4, 0.5) is 10.6 Å². The Morgan fingerprint density at radius 1 is 1.09 bits per heavy atom. The number of aromatic nitrogens is 2. The van der Waals surface area contributed by atoms with Crippen molar-refractivity contribution in [2.24, 2.45) is 14.1 Å². The Morgan fingerprint density at radius 2 is 1.77 bits per heavy atom. The summed E-state index contributed by atoms with van der Waals surface area (Å²) in [5, 5.41) is 5.28. The maximum absolute atomic E-state index is 12.5. The van der Waals surface area contributed by atoms with Gasteiger partial charge >= 0.3 is 11.7 Å². The largest absolute Gasteiger partial charge is 0.332 e. The summed E-state index contributed by atoms with van der Waals surface area (Å²) in [7, 11) is 2.93. The fourth-order valence-electron chi connectivity index (χ4n) is 2.57. The first-order chi connectivity index (χ1) is 10.4. The zero-order valence-electron chi connectivity index (χ0n) is 11.9. The molecule has 1 unspecified atom stereocenters. The number of halogens is 1. The molecule has 1 aromatic heterocycles. The average Bonchev–Trinajstić information content (AvgIpc) is 2.50. The molecule has 3 rings (SSSR count). The summed E-state index contributed by atoms with van der Waals surface area (Å²) in [6, 6.07) is 6.21. The van der Waals surface area contributed by atoms with Crippen molar-refractivity contribution in [2.75, 3.05) is 5.32 Å². The maximum atomic E-state index is 12.5. The van der Waals surface area contributed by atoms with Gasteiger partial charge in [0.25, 0.3) is 5.56 Å². The van der Waals surface area contributed by atoms with Crippen molar-refractivity contribution in [2.45, 2.75) is 6.04 Å². The minimum atomic E-state index is -0.634. The standard InChI is InChI=1S/C14H13BrN4O3/c1-18-11-9(12(20)19(2)14(18)22)10(16-13(21)17-11)7-5-3-4-6-8(7)15/h3-6,10H,1-2H3,(H2,16,17,21). The predicted molar refractivity (Wildman–Crippen MR) is 85.1 cm³/mol. The Kier molecular flexibility index (Phi) is 3.40. The van der Waals surface area contributed by atoms with Gasteiger partial charge in [-0.3, -0.25) is 19.2 Å². The van der Waals surface area contributed by atoms with Crippen LogP contribution in [0.25, 0.3) is 0 Å². The van der Waals surface area contributed by atoms with E-state index in [1.807, 2.05) is 24.3 Å². The number of nitrogens with zero attached hydrogens (tertiary/aromatic N) is 2. The van der Waals surface area contributed by atoms with Gasteiger partial charge in [0.05, 0.1) is 11.6 Å². The third-order valence-corrected chi connectivity index (χ3v) is 4.43. The second-order valence-corrected chi connectivity index (χ2v) is 5.88. The SMILES string of the molecule is Cn1c2c(c(=O)n(C)c1=O)C(c1ccccc1Br)NC(=O)N2. The summed E-state index contributed by atoms with van der Waals surface area (Å²) < 4.78 is 3.06. The van der Waals surface area contributed by atoms with Crippen molar-refractivity contribution >= 4 is 27.8 Å². The number of urea groups is 1. The second-order valence-electron chi connectivity index (χ2n) is 5.02. The Bertz CT molecular complexity index is 900. The Labute approximate surface area is 133 Å². The zero-order valence-corrected chi connectivity index (χ0v) is 13.5. The predicted octanol–water partition coefficient (Wildman–Crippen LogP) is 1.07. The van der Waals surface area contributed by atoms with Gasteiger partial charge in [0.1, 0.15) is 5.82 Å². The number of hydrogen-bond acceptors (Lipinski definition) is 3. The number of carbonyl (C=O) groups excluding carboxylic acids is 1. The summed E-state index contributed by atoms with van der Waals surface area (Å²) in [6.45, 7) is 0. The van der Waals surface area contributed by atoms with Crippen LogP contribution < -0.4 is 21.9 Å². The Hall–Kier alpha value is -2.35. The lowest BCUT2D eigenvalue weighted by Gasteiger charge is -2.29. The number of hydrogen-bond donors (Lipinski definition) is 2. The third kappa shape index (κ3) is 2.07. The lowest BCUT2D eigenvalue weighted by molar-refractivity contribution is 0.248. The van der Waals surface area contributed by atoms with Crippen LogP contribution in [-0.2, 0) is 14.1 Å². The molecule has 0 radical (unpaired) electrons. The molecule has 2 N–H and O–H groups in total. The van der Waals surface area contributed by atoms with Crippen molar-refractivity contribution in [1.29, 1.82) is 0 Å².